The number of hydrogen-bond acceptors (Lipinski definition) is 8. The minimum Gasteiger partial charge on any atom is -0.454 e. The van der Waals surface area contributed by atoms with Gasteiger partial charge in [-0.1, -0.05) is 31.7 Å². The van der Waals surface area contributed by atoms with Crippen LogP contribution in [0, 0.1) is 11.8 Å². The summed E-state index contributed by atoms with van der Waals surface area (Å²) < 4.78 is 10.9. The molecule has 0 aromatic heterocycles. The second kappa shape index (κ2) is 13.3. The number of nitrogens with one attached hydrogen (secondary N) is 1. The number of hydrogen-bond donors (Lipinski definition) is 2. The van der Waals surface area contributed by atoms with Gasteiger partial charge in [0.2, 0.25) is 25.0 Å². The van der Waals surface area contributed by atoms with Gasteiger partial charge in [-0.25, -0.2) is 10.1 Å². The first kappa shape index (κ1) is 28.1. The Hall–Kier alpha value is -2.89. The molecule has 2 heterocycles. The van der Waals surface area contributed by atoms with Crippen LogP contribution in [0.4, 0.5) is 0 Å². The van der Waals surface area contributed by atoms with Crippen LogP contribution in [0.5, 0.6) is 11.5 Å². The summed E-state index contributed by atoms with van der Waals surface area (Å²) in [4.78, 5) is 41.5. The maximum Gasteiger partial charge on any atom is 0.239 e. The molecule has 4 rings (SSSR count). The number of rotatable bonds is 12. The number of benzene rings is 1. The number of carbonyl (C=O) groups is 3. The monoisotopic (exact) mass is 531 g/mol. The van der Waals surface area contributed by atoms with Crippen molar-refractivity contribution in [1.82, 2.24) is 25.3 Å². The third-order valence-electron chi connectivity index (χ3n) is 7.74. The molecule has 0 bridgehead atoms. The van der Waals surface area contributed by atoms with Crippen molar-refractivity contribution in [2.24, 2.45) is 11.8 Å². The van der Waals surface area contributed by atoms with Gasteiger partial charge in [-0.05, 0) is 43.9 Å². The molecule has 38 heavy (non-hydrogen) atoms. The Balaban J connectivity index is 1.27. The van der Waals surface area contributed by atoms with Gasteiger partial charge in [-0.3, -0.25) is 29.9 Å². The lowest BCUT2D eigenvalue weighted by molar-refractivity contribution is -0.156. The van der Waals surface area contributed by atoms with Crippen molar-refractivity contribution in [2.45, 2.75) is 58.5 Å². The number of hydroxylamine groups is 2. The fraction of sp³-hybridized carbons (Fsp3) is 0.667. The van der Waals surface area contributed by atoms with E-state index in [1.54, 1.807) is 5.01 Å². The van der Waals surface area contributed by atoms with E-state index < -0.39 is 5.92 Å². The van der Waals surface area contributed by atoms with Crippen molar-refractivity contribution in [1.29, 1.82) is 0 Å². The quantitative estimate of drug-likeness (QED) is 0.239. The number of nitrogens with zero attached hydrogens (tertiary/aromatic N) is 4. The van der Waals surface area contributed by atoms with Crippen molar-refractivity contribution in [2.75, 3.05) is 46.1 Å². The maximum atomic E-state index is 13.2. The average molecular weight is 532 g/mol. The van der Waals surface area contributed by atoms with Gasteiger partial charge in [0.05, 0.1) is 19.0 Å². The third-order valence-corrected chi connectivity index (χ3v) is 7.74. The summed E-state index contributed by atoms with van der Waals surface area (Å²) >= 11 is 0. The Bertz CT molecular complexity index is 961. The minimum atomic E-state index is -0.538. The highest BCUT2D eigenvalue weighted by Crippen LogP contribution is 2.33. The van der Waals surface area contributed by atoms with E-state index in [0.717, 1.165) is 62.4 Å². The second-order valence-electron chi connectivity index (χ2n) is 10.9. The number of carbonyl (C=O) groups excluding carboxylic acids is 3. The summed E-state index contributed by atoms with van der Waals surface area (Å²) in [6.45, 7) is 7.64. The summed E-state index contributed by atoms with van der Waals surface area (Å²) in [5.74, 6) is 1.11. The molecule has 2 aliphatic heterocycles. The molecule has 1 atom stereocenters. The molecular formula is C27H41N5O6. The summed E-state index contributed by atoms with van der Waals surface area (Å²) in [6.07, 6.45) is 5.34. The third kappa shape index (κ3) is 7.58. The molecule has 2 N–H and O–H groups in total. The first-order valence-electron chi connectivity index (χ1n) is 13.7. The Morgan fingerprint density at radius 3 is 2.53 bits per heavy atom. The van der Waals surface area contributed by atoms with Gasteiger partial charge in [-0.15, -0.1) is 0 Å². The van der Waals surface area contributed by atoms with E-state index in [1.807, 2.05) is 36.9 Å². The largest absolute Gasteiger partial charge is 0.454 e. The lowest BCUT2D eigenvalue weighted by Gasteiger charge is -2.36. The first-order valence-corrected chi connectivity index (χ1v) is 13.7. The molecule has 3 amide bonds. The number of ether oxygens (including phenoxy) is 2. The second-order valence-corrected chi connectivity index (χ2v) is 10.9. The van der Waals surface area contributed by atoms with Crippen LogP contribution < -0.4 is 14.9 Å². The van der Waals surface area contributed by atoms with E-state index in [1.165, 1.54) is 0 Å². The highest BCUT2D eigenvalue weighted by molar-refractivity contribution is 5.81. The lowest BCUT2D eigenvalue weighted by atomic mass is 9.92. The summed E-state index contributed by atoms with van der Waals surface area (Å²) in [7, 11) is 0. The SMILES string of the molecule is CC(C)N(CC(=O)N1CCN(Cc2ccc3c(c2)OCO3)CC1)NC(=O)C(CC1CCCC1)CN(O)C=O. The molecule has 11 heteroatoms. The molecule has 1 unspecified atom stereocenters. The molecule has 1 aromatic carbocycles. The predicted octanol–water partition coefficient (Wildman–Crippen LogP) is 1.85. The van der Waals surface area contributed by atoms with Crippen molar-refractivity contribution in [3.63, 3.8) is 0 Å². The molecule has 3 aliphatic rings. The number of fused-ring (bicyclic) bond motifs is 1. The summed E-state index contributed by atoms with van der Waals surface area (Å²) in [5.41, 5.74) is 4.06. The van der Waals surface area contributed by atoms with Gasteiger partial charge in [0.1, 0.15) is 0 Å². The molecule has 1 saturated heterocycles. The topological polar surface area (TPSA) is 115 Å². The standard InChI is InChI=1S/C27H41N5O6/c1-20(2)32(28-27(35)23(16-31(36)18-33)13-21-5-3-4-6-21)17-26(34)30-11-9-29(10-12-30)15-22-7-8-24-25(14-22)38-19-37-24/h7-8,14,18,20-21,23,36H,3-6,9-13,15-17,19H2,1-2H3,(H,28,35). The van der Waals surface area contributed by atoms with Crippen LogP contribution in [0.25, 0.3) is 0 Å². The fourth-order valence-corrected chi connectivity index (χ4v) is 5.46. The van der Waals surface area contributed by atoms with Gasteiger partial charge in [0, 0.05) is 38.8 Å². The zero-order chi connectivity index (χ0) is 27.1. The molecule has 2 fully saturated rings. The van der Waals surface area contributed by atoms with Crippen LogP contribution in [0.15, 0.2) is 18.2 Å². The highest BCUT2D eigenvalue weighted by atomic mass is 16.7. The van der Waals surface area contributed by atoms with Gasteiger partial charge >= 0.3 is 0 Å². The van der Waals surface area contributed by atoms with Gasteiger partial charge < -0.3 is 14.4 Å². The van der Waals surface area contributed by atoms with Crippen molar-refractivity contribution in [3.05, 3.63) is 23.8 Å². The molecular weight excluding hydrogens is 490 g/mol. The van der Waals surface area contributed by atoms with E-state index >= 15 is 0 Å². The van der Waals surface area contributed by atoms with Crippen molar-refractivity contribution < 1.29 is 29.1 Å². The maximum absolute atomic E-state index is 13.2. The van der Waals surface area contributed by atoms with E-state index in [9.17, 15) is 19.6 Å². The Morgan fingerprint density at radius 2 is 1.84 bits per heavy atom. The molecule has 1 aliphatic carbocycles. The van der Waals surface area contributed by atoms with Gasteiger partial charge in [0.25, 0.3) is 0 Å². The highest BCUT2D eigenvalue weighted by Gasteiger charge is 2.30. The van der Waals surface area contributed by atoms with E-state index in [4.69, 9.17) is 9.47 Å². The number of amides is 3. The zero-order valence-electron chi connectivity index (χ0n) is 22.5. The molecule has 1 aromatic rings. The van der Waals surface area contributed by atoms with Crippen LogP contribution in [0.2, 0.25) is 0 Å². The van der Waals surface area contributed by atoms with E-state index in [2.05, 4.69) is 10.3 Å². The molecule has 210 valence electrons. The number of piperazine rings is 1. The number of hydrazine groups is 1. The fourth-order valence-electron chi connectivity index (χ4n) is 5.46. The minimum absolute atomic E-state index is 0.0363. The van der Waals surface area contributed by atoms with Gasteiger partial charge in [-0.2, -0.15) is 0 Å². The normalized spacial score (nSPS) is 18.7. The smallest absolute Gasteiger partial charge is 0.239 e. The average Bonchev–Trinajstić information content (AvgIpc) is 3.60. The predicted molar refractivity (Wildman–Crippen MR) is 139 cm³/mol. The Labute approximate surface area is 224 Å². The van der Waals surface area contributed by atoms with Crippen LogP contribution in [0.3, 0.4) is 0 Å². The van der Waals surface area contributed by atoms with E-state index in [-0.39, 0.29) is 37.7 Å². The molecule has 0 radical (unpaired) electrons. The summed E-state index contributed by atoms with van der Waals surface area (Å²) in [6, 6.07) is 5.88. The van der Waals surface area contributed by atoms with Crippen LogP contribution >= 0.6 is 0 Å². The van der Waals surface area contributed by atoms with Gasteiger partial charge in [0.15, 0.2) is 11.5 Å². The summed E-state index contributed by atoms with van der Waals surface area (Å²) in [5, 5.41) is 12.0. The Morgan fingerprint density at radius 1 is 1.13 bits per heavy atom. The van der Waals surface area contributed by atoms with Crippen molar-refractivity contribution in [3.8, 4) is 11.5 Å². The zero-order valence-corrected chi connectivity index (χ0v) is 22.5. The Kier molecular flexibility index (Phi) is 9.81. The van der Waals surface area contributed by atoms with Crippen LogP contribution in [-0.4, -0.2) is 95.4 Å². The van der Waals surface area contributed by atoms with Crippen LogP contribution in [0.1, 0.15) is 51.5 Å². The van der Waals surface area contributed by atoms with Crippen molar-refractivity contribution >= 4 is 18.2 Å². The van der Waals surface area contributed by atoms with Crippen LogP contribution in [-0.2, 0) is 20.9 Å². The molecule has 11 nitrogen and oxygen atoms in total. The molecule has 1 saturated carbocycles. The molecule has 0 spiro atoms. The van der Waals surface area contributed by atoms with E-state index in [0.29, 0.717) is 36.9 Å². The first-order chi connectivity index (χ1) is 18.3. The lowest BCUT2D eigenvalue weighted by Crippen LogP contribution is -2.56.